The number of hydrogen-bond acceptors (Lipinski definition) is 3. The van der Waals surface area contributed by atoms with Crippen LogP contribution in [-0.4, -0.2) is 6.10 Å². The second kappa shape index (κ2) is 2.69. The molecule has 0 aromatic carbocycles. The summed E-state index contributed by atoms with van der Waals surface area (Å²) in [5.41, 5.74) is 0.460. The van der Waals surface area contributed by atoms with Crippen LogP contribution in [0.4, 0.5) is 0 Å². The zero-order valence-electron chi connectivity index (χ0n) is 8.49. The Balaban J connectivity index is 2.07. The predicted octanol–water partition coefficient (Wildman–Crippen LogP) is 2.76. The monoisotopic (exact) mass is 183 g/mol. The van der Waals surface area contributed by atoms with Crippen LogP contribution in [0.5, 0.6) is 0 Å². The van der Waals surface area contributed by atoms with Crippen molar-refractivity contribution < 1.29 is 4.84 Å². The highest BCUT2D eigenvalue weighted by molar-refractivity contribution is 5.05. The number of hydrogen-bond donors (Lipinski definition) is 0. The third kappa shape index (κ3) is 1.09. The summed E-state index contributed by atoms with van der Waals surface area (Å²) in [6.07, 6.45) is 2.40. The summed E-state index contributed by atoms with van der Waals surface area (Å²) < 4.78 is 0. The predicted molar refractivity (Wildman–Crippen MR) is 49.8 cm³/mol. The van der Waals surface area contributed by atoms with Crippen molar-refractivity contribution >= 4 is 0 Å². The van der Waals surface area contributed by atoms with Gasteiger partial charge in [0.2, 0.25) is 0 Å². The van der Waals surface area contributed by atoms with E-state index in [4.69, 9.17) is 4.84 Å². The van der Waals surface area contributed by atoms with Crippen LogP contribution in [0.15, 0.2) is 5.34 Å². The highest BCUT2D eigenvalue weighted by Crippen LogP contribution is 2.61. The van der Waals surface area contributed by atoms with E-state index in [1.165, 1.54) is 6.42 Å². The maximum atomic E-state index is 10.0. The molecule has 0 N–H and O–H groups in total. The van der Waals surface area contributed by atoms with Crippen molar-refractivity contribution in [3.05, 3.63) is 4.91 Å². The number of nitrogens with zero attached hydrogens (tertiary/aromatic N) is 1. The number of fused-ring (bicyclic) bond motifs is 2. The van der Waals surface area contributed by atoms with Crippen LogP contribution in [-0.2, 0) is 4.84 Å². The van der Waals surface area contributed by atoms with E-state index in [2.05, 4.69) is 26.1 Å². The summed E-state index contributed by atoms with van der Waals surface area (Å²) in [6.45, 7) is 6.83. The molecule has 4 atom stereocenters. The minimum Gasteiger partial charge on any atom is -0.360 e. The van der Waals surface area contributed by atoms with E-state index in [0.717, 1.165) is 18.3 Å². The van der Waals surface area contributed by atoms with Crippen LogP contribution in [0.25, 0.3) is 0 Å². The van der Waals surface area contributed by atoms with Crippen molar-refractivity contribution in [2.45, 2.75) is 39.7 Å². The van der Waals surface area contributed by atoms with Crippen molar-refractivity contribution in [2.75, 3.05) is 0 Å². The van der Waals surface area contributed by atoms with E-state index >= 15 is 0 Å². The van der Waals surface area contributed by atoms with Gasteiger partial charge in [0, 0.05) is 0 Å². The lowest BCUT2D eigenvalue weighted by atomic mass is 9.45. The Kier molecular flexibility index (Phi) is 1.86. The zero-order valence-corrected chi connectivity index (χ0v) is 8.49. The van der Waals surface area contributed by atoms with E-state index in [1.54, 1.807) is 0 Å². The maximum Gasteiger partial charge on any atom is 0.155 e. The molecule has 0 spiro atoms. The first-order chi connectivity index (χ1) is 6.07. The third-order valence-corrected chi connectivity index (χ3v) is 4.46. The smallest absolute Gasteiger partial charge is 0.155 e. The zero-order chi connectivity index (χ0) is 9.64. The van der Waals surface area contributed by atoms with Crippen LogP contribution < -0.4 is 0 Å². The fraction of sp³-hybridized carbons (Fsp3) is 1.00. The summed E-state index contributed by atoms with van der Waals surface area (Å²) in [5, 5.41) is 2.56. The first-order valence-corrected chi connectivity index (χ1v) is 5.06. The Bertz CT molecular complexity index is 227. The topological polar surface area (TPSA) is 38.7 Å². The molecular weight excluding hydrogens is 166 g/mol. The highest BCUT2D eigenvalue weighted by atomic mass is 16.7. The molecule has 3 fully saturated rings. The van der Waals surface area contributed by atoms with Crippen molar-refractivity contribution in [3.63, 3.8) is 0 Å². The SMILES string of the molecule is C[C@@H]1[C@H]2C[C@@H](C[C@H]1ON=O)C2(C)C. The molecule has 0 aliphatic heterocycles. The minimum absolute atomic E-state index is 0.0780. The molecule has 2 bridgehead atoms. The van der Waals surface area contributed by atoms with Crippen molar-refractivity contribution in [1.82, 2.24) is 0 Å². The molecule has 3 heteroatoms. The molecule has 0 radical (unpaired) electrons. The molecule has 0 heterocycles. The van der Waals surface area contributed by atoms with E-state index in [0.29, 0.717) is 11.3 Å². The van der Waals surface area contributed by atoms with Gasteiger partial charge >= 0.3 is 0 Å². The summed E-state index contributed by atoms with van der Waals surface area (Å²) in [6, 6.07) is 0. The van der Waals surface area contributed by atoms with Gasteiger partial charge in [-0.05, 0) is 36.0 Å². The Morgan fingerprint density at radius 3 is 2.54 bits per heavy atom. The summed E-state index contributed by atoms with van der Waals surface area (Å²) in [7, 11) is 0. The molecule has 0 amide bonds. The third-order valence-electron chi connectivity index (χ3n) is 4.46. The molecule has 0 saturated heterocycles. The average molecular weight is 183 g/mol. The molecule has 0 unspecified atom stereocenters. The molecule has 3 aliphatic carbocycles. The van der Waals surface area contributed by atoms with Gasteiger partial charge in [-0.15, -0.1) is 4.91 Å². The van der Waals surface area contributed by atoms with Gasteiger partial charge in [-0.2, -0.15) is 0 Å². The van der Waals surface area contributed by atoms with Crippen LogP contribution in [0.2, 0.25) is 0 Å². The molecular formula is C10H17NO2. The summed E-state index contributed by atoms with van der Waals surface area (Å²) in [4.78, 5) is 14.9. The van der Waals surface area contributed by atoms with Gasteiger partial charge in [-0.1, -0.05) is 20.8 Å². The van der Waals surface area contributed by atoms with Crippen molar-refractivity contribution in [2.24, 2.45) is 28.5 Å². The maximum absolute atomic E-state index is 10.0. The van der Waals surface area contributed by atoms with Crippen LogP contribution >= 0.6 is 0 Å². The quantitative estimate of drug-likeness (QED) is 0.487. The normalized spacial score (nSPS) is 46.4. The molecule has 3 rings (SSSR count). The lowest BCUT2D eigenvalue weighted by molar-refractivity contribution is -0.172. The first kappa shape index (κ1) is 8.97. The lowest BCUT2D eigenvalue weighted by Gasteiger charge is -2.60. The van der Waals surface area contributed by atoms with E-state index in [1.807, 2.05) is 0 Å². The van der Waals surface area contributed by atoms with Gasteiger partial charge in [0.1, 0.15) is 6.10 Å². The van der Waals surface area contributed by atoms with Crippen LogP contribution in [0, 0.1) is 28.1 Å². The molecule has 0 aromatic rings. The molecule has 3 nitrogen and oxygen atoms in total. The van der Waals surface area contributed by atoms with Gasteiger partial charge < -0.3 is 4.84 Å². The van der Waals surface area contributed by atoms with Gasteiger partial charge in [-0.25, -0.2) is 0 Å². The van der Waals surface area contributed by atoms with Crippen molar-refractivity contribution in [3.8, 4) is 0 Å². The van der Waals surface area contributed by atoms with Gasteiger partial charge in [0.25, 0.3) is 0 Å². The highest BCUT2D eigenvalue weighted by Gasteiger charge is 2.57. The summed E-state index contributed by atoms with van der Waals surface area (Å²) in [5.74, 6) is 1.94. The molecule has 3 saturated carbocycles. The summed E-state index contributed by atoms with van der Waals surface area (Å²) >= 11 is 0. The second-order valence-corrected chi connectivity index (χ2v) is 5.17. The molecule has 0 aromatic heterocycles. The second-order valence-electron chi connectivity index (χ2n) is 5.17. The number of rotatable bonds is 2. The van der Waals surface area contributed by atoms with Crippen LogP contribution in [0.1, 0.15) is 33.6 Å². The van der Waals surface area contributed by atoms with Gasteiger partial charge in [0.05, 0.1) is 0 Å². The Morgan fingerprint density at radius 1 is 1.38 bits per heavy atom. The average Bonchev–Trinajstić information content (AvgIpc) is 2.08. The van der Waals surface area contributed by atoms with Crippen LogP contribution in [0.3, 0.4) is 0 Å². The Morgan fingerprint density at radius 2 is 2.08 bits per heavy atom. The van der Waals surface area contributed by atoms with E-state index in [9.17, 15) is 4.91 Å². The van der Waals surface area contributed by atoms with E-state index < -0.39 is 0 Å². The molecule has 74 valence electrons. The van der Waals surface area contributed by atoms with E-state index in [-0.39, 0.29) is 6.10 Å². The van der Waals surface area contributed by atoms with Crippen molar-refractivity contribution in [1.29, 1.82) is 0 Å². The molecule has 13 heavy (non-hydrogen) atoms. The standard InChI is InChI=1S/C10H17NO2/c1-6-8-4-7(10(8,2)3)5-9(6)13-11-12/h6-9H,4-5H2,1-3H3/t6-,7+,8-,9-/m1/s1. The molecule has 3 aliphatic rings. The largest absolute Gasteiger partial charge is 0.360 e. The van der Waals surface area contributed by atoms with Gasteiger partial charge in [-0.3, -0.25) is 0 Å². The fourth-order valence-corrected chi connectivity index (χ4v) is 3.30. The Hall–Kier alpha value is -0.600. The van der Waals surface area contributed by atoms with Gasteiger partial charge in [0.15, 0.2) is 5.34 Å². The Labute approximate surface area is 78.8 Å². The first-order valence-electron chi connectivity index (χ1n) is 5.06. The minimum atomic E-state index is 0.0780. The fourth-order valence-electron chi connectivity index (χ4n) is 3.30. The lowest BCUT2D eigenvalue weighted by Crippen LogP contribution is -2.56.